The Morgan fingerprint density at radius 1 is 1.10 bits per heavy atom. The minimum absolute atomic E-state index is 0.0957. The first-order chi connectivity index (χ1) is 9.83. The van der Waals surface area contributed by atoms with Crippen LogP contribution in [0.1, 0.15) is 11.1 Å². The van der Waals surface area contributed by atoms with Gasteiger partial charge in [0, 0.05) is 12.2 Å². The zero-order chi connectivity index (χ0) is 15.6. The van der Waals surface area contributed by atoms with Gasteiger partial charge in [-0.05, 0) is 48.4 Å². The fourth-order valence-corrected chi connectivity index (χ4v) is 2.98. The number of halogens is 2. The highest BCUT2D eigenvalue weighted by molar-refractivity contribution is 7.92. The number of benzene rings is 2. The molecule has 0 fully saturated rings. The molecule has 0 atom stereocenters. The number of hydrogen-bond acceptors (Lipinski definition) is 3. The molecule has 0 saturated carbocycles. The molecule has 0 bridgehead atoms. The first-order valence-electron chi connectivity index (χ1n) is 6.11. The molecule has 0 saturated heterocycles. The van der Waals surface area contributed by atoms with Crippen LogP contribution < -0.4 is 10.5 Å². The zero-order valence-electron chi connectivity index (χ0n) is 11.2. The van der Waals surface area contributed by atoms with Crippen LogP contribution in [-0.2, 0) is 16.6 Å². The second kappa shape index (κ2) is 5.79. The van der Waals surface area contributed by atoms with Gasteiger partial charge in [0.15, 0.2) is 0 Å². The van der Waals surface area contributed by atoms with Crippen molar-refractivity contribution in [3.05, 3.63) is 59.2 Å². The molecule has 4 nitrogen and oxygen atoms in total. The standard InChI is InChI=1S/C14H14F2N2O2S/c1-9-6-11(3-5-12(9)15)18-21(19,20)14-7-10(8-17)2-4-13(14)16/h2-7,18H,8,17H2,1H3. The maximum atomic E-state index is 13.7. The minimum atomic E-state index is -4.11. The van der Waals surface area contributed by atoms with Gasteiger partial charge in [0.05, 0.1) is 0 Å². The molecule has 112 valence electrons. The Morgan fingerprint density at radius 3 is 2.38 bits per heavy atom. The van der Waals surface area contributed by atoms with E-state index in [0.717, 1.165) is 12.1 Å². The highest BCUT2D eigenvalue weighted by Gasteiger charge is 2.20. The van der Waals surface area contributed by atoms with Crippen LogP contribution >= 0.6 is 0 Å². The van der Waals surface area contributed by atoms with Gasteiger partial charge >= 0.3 is 0 Å². The van der Waals surface area contributed by atoms with E-state index in [1.807, 2.05) is 0 Å². The molecule has 0 aliphatic carbocycles. The lowest BCUT2D eigenvalue weighted by Gasteiger charge is -2.11. The van der Waals surface area contributed by atoms with Crippen LogP contribution in [0.5, 0.6) is 0 Å². The molecule has 2 aromatic rings. The van der Waals surface area contributed by atoms with Crippen LogP contribution in [0.4, 0.5) is 14.5 Å². The van der Waals surface area contributed by atoms with Crippen LogP contribution in [0.25, 0.3) is 0 Å². The Balaban J connectivity index is 2.40. The number of anilines is 1. The fraction of sp³-hybridized carbons (Fsp3) is 0.143. The average Bonchev–Trinajstić information content (AvgIpc) is 2.43. The number of nitrogens with two attached hydrogens (primary N) is 1. The van der Waals surface area contributed by atoms with Crippen LogP contribution in [0.2, 0.25) is 0 Å². The van der Waals surface area contributed by atoms with Crippen LogP contribution in [0, 0.1) is 18.6 Å². The Bertz CT molecular complexity index is 777. The van der Waals surface area contributed by atoms with Gasteiger partial charge in [-0.15, -0.1) is 0 Å². The third-order valence-corrected chi connectivity index (χ3v) is 4.33. The normalized spacial score (nSPS) is 11.4. The van der Waals surface area contributed by atoms with Gasteiger partial charge in [0.1, 0.15) is 16.5 Å². The van der Waals surface area contributed by atoms with Crippen LogP contribution in [0.3, 0.4) is 0 Å². The van der Waals surface area contributed by atoms with E-state index in [0.29, 0.717) is 5.56 Å². The molecule has 0 unspecified atom stereocenters. The molecule has 0 aliphatic rings. The third kappa shape index (κ3) is 3.37. The van der Waals surface area contributed by atoms with Crippen molar-refractivity contribution >= 4 is 15.7 Å². The first kappa shape index (κ1) is 15.4. The highest BCUT2D eigenvalue weighted by atomic mass is 32.2. The summed E-state index contributed by atoms with van der Waals surface area (Å²) in [6.07, 6.45) is 0. The Labute approximate surface area is 121 Å². The molecular formula is C14H14F2N2O2S. The summed E-state index contributed by atoms with van der Waals surface area (Å²) in [5.74, 6) is -1.33. The molecule has 0 amide bonds. The summed E-state index contributed by atoms with van der Waals surface area (Å²) in [6.45, 7) is 1.60. The molecule has 0 aliphatic heterocycles. The number of sulfonamides is 1. The average molecular weight is 312 g/mol. The fourth-order valence-electron chi connectivity index (χ4n) is 1.80. The smallest absolute Gasteiger partial charge is 0.264 e. The van der Waals surface area contributed by atoms with Crippen molar-refractivity contribution < 1.29 is 17.2 Å². The maximum Gasteiger partial charge on any atom is 0.264 e. The summed E-state index contributed by atoms with van der Waals surface area (Å²) < 4.78 is 53.5. The van der Waals surface area contributed by atoms with Crippen molar-refractivity contribution in [2.24, 2.45) is 5.73 Å². The van der Waals surface area contributed by atoms with Gasteiger partial charge in [0.2, 0.25) is 0 Å². The van der Waals surface area contributed by atoms with Crippen LogP contribution in [-0.4, -0.2) is 8.42 Å². The summed E-state index contributed by atoms with van der Waals surface area (Å²) in [7, 11) is -4.11. The topological polar surface area (TPSA) is 72.2 Å². The molecule has 0 aromatic heterocycles. The second-order valence-electron chi connectivity index (χ2n) is 4.54. The molecule has 0 spiro atoms. The van der Waals surface area contributed by atoms with Gasteiger partial charge < -0.3 is 5.73 Å². The molecule has 7 heteroatoms. The van der Waals surface area contributed by atoms with Gasteiger partial charge in [-0.2, -0.15) is 0 Å². The third-order valence-electron chi connectivity index (χ3n) is 2.93. The molecule has 3 N–H and O–H groups in total. The largest absolute Gasteiger partial charge is 0.326 e. The predicted octanol–water partition coefficient (Wildman–Crippen LogP) is 2.53. The molecule has 2 aromatic carbocycles. The van der Waals surface area contributed by atoms with Crippen molar-refractivity contribution in [3.63, 3.8) is 0 Å². The second-order valence-corrected chi connectivity index (χ2v) is 6.19. The number of nitrogens with one attached hydrogen (secondary N) is 1. The summed E-state index contributed by atoms with van der Waals surface area (Å²) in [5, 5.41) is 0. The summed E-state index contributed by atoms with van der Waals surface area (Å²) >= 11 is 0. The molecule has 21 heavy (non-hydrogen) atoms. The molecule has 0 radical (unpaired) electrons. The molecular weight excluding hydrogens is 298 g/mol. The van der Waals surface area contributed by atoms with E-state index in [4.69, 9.17) is 5.73 Å². The number of rotatable bonds is 4. The van der Waals surface area contributed by atoms with E-state index in [2.05, 4.69) is 4.72 Å². The quantitative estimate of drug-likeness (QED) is 0.911. The van der Waals surface area contributed by atoms with Gasteiger partial charge in [-0.25, -0.2) is 17.2 Å². The lowest BCUT2D eigenvalue weighted by Crippen LogP contribution is -2.15. The SMILES string of the molecule is Cc1cc(NS(=O)(=O)c2cc(CN)ccc2F)ccc1F. The van der Waals surface area contributed by atoms with Crippen molar-refractivity contribution in [2.45, 2.75) is 18.4 Å². The van der Waals surface area contributed by atoms with Gasteiger partial charge in [-0.3, -0.25) is 4.72 Å². The molecule has 0 heterocycles. The first-order valence-corrected chi connectivity index (χ1v) is 7.59. The monoisotopic (exact) mass is 312 g/mol. The summed E-state index contributed by atoms with van der Waals surface area (Å²) in [5.41, 5.74) is 6.36. The highest BCUT2D eigenvalue weighted by Crippen LogP contribution is 2.21. The maximum absolute atomic E-state index is 13.7. The molecule has 2 rings (SSSR count). The van der Waals surface area contributed by atoms with Crippen molar-refractivity contribution in [2.75, 3.05) is 4.72 Å². The lowest BCUT2D eigenvalue weighted by atomic mass is 10.2. The van der Waals surface area contributed by atoms with E-state index in [9.17, 15) is 17.2 Å². The summed E-state index contributed by atoms with van der Waals surface area (Å²) in [4.78, 5) is -0.493. The lowest BCUT2D eigenvalue weighted by molar-refractivity contribution is 0.569. The van der Waals surface area contributed by atoms with Gasteiger partial charge in [0.25, 0.3) is 10.0 Å². The van der Waals surface area contributed by atoms with Crippen molar-refractivity contribution in [1.29, 1.82) is 0 Å². The Kier molecular flexibility index (Phi) is 4.24. The van der Waals surface area contributed by atoms with Crippen LogP contribution in [0.15, 0.2) is 41.3 Å². The van der Waals surface area contributed by atoms with E-state index < -0.39 is 26.6 Å². The Morgan fingerprint density at radius 2 is 1.76 bits per heavy atom. The number of hydrogen-bond donors (Lipinski definition) is 2. The number of aryl methyl sites for hydroxylation is 1. The van der Waals surface area contributed by atoms with E-state index >= 15 is 0 Å². The predicted molar refractivity (Wildman–Crippen MR) is 76.2 cm³/mol. The summed E-state index contributed by atoms with van der Waals surface area (Å²) in [6, 6.07) is 7.37. The minimum Gasteiger partial charge on any atom is -0.326 e. The van der Waals surface area contributed by atoms with E-state index in [1.54, 1.807) is 0 Å². The van der Waals surface area contributed by atoms with Crippen molar-refractivity contribution in [1.82, 2.24) is 0 Å². The van der Waals surface area contributed by atoms with Gasteiger partial charge in [-0.1, -0.05) is 6.07 Å². The van der Waals surface area contributed by atoms with E-state index in [-0.39, 0.29) is 17.8 Å². The van der Waals surface area contributed by atoms with Crippen molar-refractivity contribution in [3.8, 4) is 0 Å². The van der Waals surface area contributed by atoms with E-state index in [1.165, 1.54) is 31.2 Å². The zero-order valence-corrected chi connectivity index (χ0v) is 12.0. The Hall–Kier alpha value is -1.99.